The first-order chi connectivity index (χ1) is 7.65. The number of imidazole rings is 1. The molecule has 0 bridgehead atoms. The lowest BCUT2D eigenvalue weighted by atomic mass is 10.3. The number of nitrogens with one attached hydrogen (secondary N) is 1. The molecule has 16 heavy (non-hydrogen) atoms. The topological polar surface area (TPSA) is 78.9 Å². The van der Waals surface area contributed by atoms with Crippen LogP contribution < -0.4 is 0 Å². The number of hydrogen-bond acceptors (Lipinski definition) is 4. The number of carbonyl (C=O) groups is 1. The molecule has 2 N–H and O–H groups in total. The molecule has 0 aromatic carbocycles. The number of hydrogen-bond donors (Lipinski definition) is 2. The predicted molar refractivity (Wildman–Crippen MR) is 62.4 cm³/mol. The molecule has 2 rings (SSSR count). The number of carboxylic acid groups (broad SMARTS) is 1. The standard InChI is InChI=1S/C10H11N3O2S/c1-6-2-7-10(11-3-6)13-8(12-7)4-16-5-9(14)15/h2-3H,4-5H2,1H3,(H,14,15)(H,11,12,13). The number of aliphatic carboxylic acids is 1. The Bertz CT molecular complexity index is 524. The van der Waals surface area contributed by atoms with Crippen LogP contribution in [0, 0.1) is 6.92 Å². The van der Waals surface area contributed by atoms with Crippen LogP contribution in [0.1, 0.15) is 11.4 Å². The van der Waals surface area contributed by atoms with Gasteiger partial charge in [-0.2, -0.15) is 0 Å². The lowest BCUT2D eigenvalue weighted by molar-refractivity contribution is -0.133. The molecule has 2 heterocycles. The summed E-state index contributed by atoms with van der Waals surface area (Å²) in [5.74, 6) is 0.597. The number of H-pyrrole nitrogens is 1. The van der Waals surface area contributed by atoms with E-state index in [9.17, 15) is 4.79 Å². The van der Waals surface area contributed by atoms with Crippen LogP contribution in [0.5, 0.6) is 0 Å². The van der Waals surface area contributed by atoms with E-state index in [4.69, 9.17) is 5.11 Å². The molecule has 84 valence electrons. The fourth-order valence-electron chi connectivity index (χ4n) is 1.36. The Morgan fingerprint density at radius 2 is 2.44 bits per heavy atom. The molecule has 0 saturated carbocycles. The first-order valence-corrected chi connectivity index (χ1v) is 5.91. The maximum atomic E-state index is 10.3. The van der Waals surface area contributed by atoms with Crippen LogP contribution in [0.25, 0.3) is 11.2 Å². The highest BCUT2D eigenvalue weighted by Crippen LogP contribution is 2.14. The van der Waals surface area contributed by atoms with E-state index >= 15 is 0 Å². The van der Waals surface area contributed by atoms with Gasteiger partial charge in [-0.15, -0.1) is 11.8 Å². The van der Waals surface area contributed by atoms with Crippen LogP contribution in [0.2, 0.25) is 0 Å². The Hall–Kier alpha value is -1.56. The normalized spacial score (nSPS) is 10.8. The van der Waals surface area contributed by atoms with E-state index in [0.717, 1.165) is 16.9 Å². The molecule has 0 unspecified atom stereocenters. The average Bonchev–Trinajstić information content (AvgIpc) is 2.58. The van der Waals surface area contributed by atoms with E-state index in [-0.39, 0.29) is 5.75 Å². The molecular weight excluding hydrogens is 226 g/mol. The zero-order valence-corrected chi connectivity index (χ0v) is 9.54. The molecule has 0 radical (unpaired) electrons. The number of aromatic nitrogens is 3. The highest BCUT2D eigenvalue weighted by molar-refractivity contribution is 7.99. The van der Waals surface area contributed by atoms with Crippen molar-refractivity contribution in [1.82, 2.24) is 15.0 Å². The lowest BCUT2D eigenvalue weighted by Crippen LogP contribution is -1.98. The Morgan fingerprint density at radius 1 is 1.62 bits per heavy atom. The predicted octanol–water partition coefficient (Wildman–Crippen LogP) is 1.58. The average molecular weight is 237 g/mol. The van der Waals surface area contributed by atoms with Gasteiger partial charge in [0.05, 0.1) is 17.0 Å². The first kappa shape index (κ1) is 10.9. The zero-order chi connectivity index (χ0) is 11.5. The lowest BCUT2D eigenvalue weighted by Gasteiger charge is -1.93. The van der Waals surface area contributed by atoms with Crippen LogP contribution in [-0.4, -0.2) is 31.8 Å². The minimum Gasteiger partial charge on any atom is -0.481 e. The van der Waals surface area contributed by atoms with Gasteiger partial charge in [-0.1, -0.05) is 0 Å². The Balaban J connectivity index is 2.10. The van der Waals surface area contributed by atoms with Gasteiger partial charge in [-0.25, -0.2) is 9.97 Å². The fraction of sp³-hybridized carbons (Fsp3) is 0.300. The number of nitrogens with zero attached hydrogens (tertiary/aromatic N) is 2. The van der Waals surface area contributed by atoms with Gasteiger partial charge in [0.2, 0.25) is 0 Å². The van der Waals surface area contributed by atoms with E-state index < -0.39 is 5.97 Å². The summed E-state index contributed by atoms with van der Waals surface area (Å²) in [7, 11) is 0. The second kappa shape index (κ2) is 4.52. The van der Waals surface area contributed by atoms with Crippen molar-refractivity contribution in [3.63, 3.8) is 0 Å². The molecule has 0 amide bonds. The fourth-order valence-corrected chi connectivity index (χ4v) is 1.96. The van der Waals surface area contributed by atoms with Crippen molar-refractivity contribution in [2.75, 3.05) is 5.75 Å². The van der Waals surface area contributed by atoms with Gasteiger partial charge >= 0.3 is 5.97 Å². The van der Waals surface area contributed by atoms with Gasteiger partial charge in [-0.3, -0.25) is 4.79 Å². The van der Waals surface area contributed by atoms with Crippen molar-refractivity contribution in [2.45, 2.75) is 12.7 Å². The van der Waals surface area contributed by atoms with Crippen molar-refractivity contribution in [1.29, 1.82) is 0 Å². The van der Waals surface area contributed by atoms with Crippen molar-refractivity contribution in [3.8, 4) is 0 Å². The number of rotatable bonds is 4. The zero-order valence-electron chi connectivity index (χ0n) is 8.73. The van der Waals surface area contributed by atoms with E-state index in [1.54, 1.807) is 6.20 Å². The van der Waals surface area contributed by atoms with E-state index in [1.807, 2.05) is 13.0 Å². The van der Waals surface area contributed by atoms with Gasteiger partial charge in [0.25, 0.3) is 0 Å². The molecule has 0 fully saturated rings. The molecule has 0 atom stereocenters. The van der Waals surface area contributed by atoms with Gasteiger partial charge in [0, 0.05) is 6.20 Å². The first-order valence-electron chi connectivity index (χ1n) is 4.76. The number of aryl methyl sites for hydroxylation is 1. The number of thioether (sulfide) groups is 1. The summed E-state index contributed by atoms with van der Waals surface area (Å²) >= 11 is 1.31. The van der Waals surface area contributed by atoms with Crippen LogP contribution in [0.4, 0.5) is 0 Å². The highest BCUT2D eigenvalue weighted by atomic mass is 32.2. The molecule has 0 aliphatic rings. The number of pyridine rings is 1. The SMILES string of the molecule is Cc1cnc2nc(CSCC(=O)O)[nH]c2c1. The number of aromatic amines is 1. The molecule has 6 heteroatoms. The third-order valence-corrected chi connectivity index (χ3v) is 2.92. The largest absolute Gasteiger partial charge is 0.481 e. The van der Waals surface area contributed by atoms with E-state index in [2.05, 4.69) is 15.0 Å². The van der Waals surface area contributed by atoms with Crippen LogP contribution >= 0.6 is 11.8 Å². The summed E-state index contributed by atoms with van der Waals surface area (Å²) in [6, 6.07) is 1.97. The second-order valence-electron chi connectivity index (χ2n) is 3.45. The molecule has 0 spiro atoms. The minimum atomic E-state index is -0.810. The van der Waals surface area contributed by atoms with E-state index in [1.165, 1.54) is 11.8 Å². The van der Waals surface area contributed by atoms with Crippen molar-refractivity contribution < 1.29 is 9.90 Å². The molecule has 2 aromatic rings. The van der Waals surface area contributed by atoms with Crippen molar-refractivity contribution in [2.24, 2.45) is 0 Å². The Morgan fingerprint density at radius 3 is 3.19 bits per heavy atom. The van der Waals surface area contributed by atoms with Crippen LogP contribution in [0.15, 0.2) is 12.3 Å². The Kier molecular flexibility index (Phi) is 3.09. The summed E-state index contributed by atoms with van der Waals surface area (Å²) in [6.07, 6.45) is 1.76. The number of fused-ring (bicyclic) bond motifs is 1. The maximum absolute atomic E-state index is 10.3. The minimum absolute atomic E-state index is 0.0868. The van der Waals surface area contributed by atoms with Crippen LogP contribution in [0.3, 0.4) is 0 Å². The third kappa shape index (κ3) is 2.52. The van der Waals surface area contributed by atoms with Gasteiger partial charge < -0.3 is 10.1 Å². The highest BCUT2D eigenvalue weighted by Gasteiger charge is 2.05. The van der Waals surface area contributed by atoms with Crippen molar-refractivity contribution >= 4 is 28.9 Å². The molecule has 0 aliphatic carbocycles. The molecule has 0 saturated heterocycles. The molecular formula is C10H11N3O2S. The molecule has 0 aliphatic heterocycles. The monoisotopic (exact) mass is 237 g/mol. The maximum Gasteiger partial charge on any atom is 0.313 e. The quantitative estimate of drug-likeness (QED) is 0.844. The molecule has 2 aromatic heterocycles. The second-order valence-corrected chi connectivity index (χ2v) is 4.44. The van der Waals surface area contributed by atoms with Gasteiger partial charge in [-0.05, 0) is 18.6 Å². The summed E-state index contributed by atoms with van der Waals surface area (Å²) in [4.78, 5) is 21.9. The van der Waals surface area contributed by atoms with Crippen molar-refractivity contribution in [3.05, 3.63) is 23.7 Å². The van der Waals surface area contributed by atoms with Crippen LogP contribution in [-0.2, 0) is 10.5 Å². The van der Waals surface area contributed by atoms with E-state index in [0.29, 0.717) is 11.4 Å². The summed E-state index contributed by atoms with van der Waals surface area (Å²) < 4.78 is 0. The Labute approximate surface area is 96.3 Å². The summed E-state index contributed by atoms with van der Waals surface area (Å²) in [5.41, 5.74) is 2.64. The molecule has 5 nitrogen and oxygen atoms in total. The van der Waals surface area contributed by atoms with Gasteiger partial charge in [0.1, 0.15) is 5.82 Å². The van der Waals surface area contributed by atoms with Gasteiger partial charge in [0.15, 0.2) is 5.65 Å². The third-order valence-electron chi connectivity index (χ3n) is 1.99. The summed E-state index contributed by atoms with van der Waals surface area (Å²) in [5, 5.41) is 8.50. The summed E-state index contributed by atoms with van der Waals surface area (Å²) in [6.45, 7) is 1.96. The smallest absolute Gasteiger partial charge is 0.313 e. The number of carboxylic acids is 1.